The van der Waals surface area contributed by atoms with E-state index < -0.39 is 34.4 Å². The highest BCUT2D eigenvalue weighted by Gasteiger charge is 2.33. The first-order chi connectivity index (χ1) is 12.0. The summed E-state index contributed by atoms with van der Waals surface area (Å²) < 4.78 is 68.3. The SMILES string of the molecule is CN(C)S(=O)(=O)c1cccc(COC(=O)Cn2ccc(C(F)(F)F)n2)c1. The van der Waals surface area contributed by atoms with Gasteiger partial charge in [0.05, 0.1) is 4.90 Å². The van der Waals surface area contributed by atoms with Crippen molar-refractivity contribution < 1.29 is 31.1 Å². The van der Waals surface area contributed by atoms with Crippen LogP contribution in [0.15, 0.2) is 41.4 Å². The zero-order valence-electron chi connectivity index (χ0n) is 13.9. The monoisotopic (exact) mass is 391 g/mol. The molecule has 0 aliphatic carbocycles. The lowest BCUT2D eigenvalue weighted by Crippen LogP contribution is -2.22. The van der Waals surface area contributed by atoms with Gasteiger partial charge in [0.2, 0.25) is 10.0 Å². The molecule has 0 radical (unpaired) electrons. The second-order valence-electron chi connectivity index (χ2n) is 5.49. The number of alkyl halides is 3. The summed E-state index contributed by atoms with van der Waals surface area (Å²) in [6.45, 7) is -0.714. The fourth-order valence-electron chi connectivity index (χ4n) is 1.95. The highest BCUT2D eigenvalue weighted by atomic mass is 32.2. The van der Waals surface area contributed by atoms with Crippen molar-refractivity contribution in [2.45, 2.75) is 24.2 Å². The van der Waals surface area contributed by atoms with E-state index in [0.717, 1.165) is 21.3 Å². The highest BCUT2D eigenvalue weighted by molar-refractivity contribution is 7.89. The van der Waals surface area contributed by atoms with Gasteiger partial charge < -0.3 is 4.74 Å². The minimum absolute atomic E-state index is 0.0398. The Morgan fingerprint density at radius 3 is 2.54 bits per heavy atom. The zero-order chi connectivity index (χ0) is 19.5. The van der Waals surface area contributed by atoms with E-state index in [1.165, 1.54) is 32.3 Å². The largest absolute Gasteiger partial charge is 0.459 e. The molecule has 142 valence electrons. The van der Waals surface area contributed by atoms with E-state index in [1.54, 1.807) is 6.07 Å². The smallest absolute Gasteiger partial charge is 0.435 e. The lowest BCUT2D eigenvalue weighted by molar-refractivity contribution is -0.147. The van der Waals surface area contributed by atoms with Crippen LogP contribution in [0.5, 0.6) is 0 Å². The molecular formula is C15H16F3N3O4S. The van der Waals surface area contributed by atoms with Gasteiger partial charge in [0.1, 0.15) is 13.2 Å². The maximum absolute atomic E-state index is 12.5. The first-order valence-electron chi connectivity index (χ1n) is 7.28. The average Bonchev–Trinajstić information content (AvgIpc) is 3.02. The van der Waals surface area contributed by atoms with Crippen molar-refractivity contribution >= 4 is 16.0 Å². The molecule has 0 amide bonds. The molecule has 0 aliphatic heterocycles. The number of halogens is 3. The number of ether oxygens (including phenoxy) is 1. The van der Waals surface area contributed by atoms with Crippen molar-refractivity contribution in [1.82, 2.24) is 14.1 Å². The fraction of sp³-hybridized carbons (Fsp3) is 0.333. The van der Waals surface area contributed by atoms with Gasteiger partial charge in [-0.05, 0) is 23.8 Å². The molecule has 2 rings (SSSR count). The van der Waals surface area contributed by atoms with E-state index in [2.05, 4.69) is 5.10 Å². The number of carbonyl (C=O) groups is 1. The number of hydrogen-bond donors (Lipinski definition) is 0. The third kappa shape index (κ3) is 4.82. The van der Waals surface area contributed by atoms with E-state index in [0.29, 0.717) is 5.56 Å². The van der Waals surface area contributed by atoms with Gasteiger partial charge in [-0.2, -0.15) is 18.3 Å². The van der Waals surface area contributed by atoms with Crippen LogP contribution in [0.25, 0.3) is 0 Å². The third-order valence-electron chi connectivity index (χ3n) is 3.30. The van der Waals surface area contributed by atoms with Crippen LogP contribution < -0.4 is 0 Å². The van der Waals surface area contributed by atoms with Crippen LogP contribution in [0.3, 0.4) is 0 Å². The molecular weight excluding hydrogens is 375 g/mol. The Labute approximate surface area is 148 Å². The summed E-state index contributed by atoms with van der Waals surface area (Å²) in [7, 11) is -0.845. The Bertz CT molecular complexity index is 892. The van der Waals surface area contributed by atoms with E-state index in [4.69, 9.17) is 4.74 Å². The normalized spacial score (nSPS) is 12.4. The maximum atomic E-state index is 12.5. The summed E-state index contributed by atoms with van der Waals surface area (Å²) >= 11 is 0. The predicted molar refractivity (Wildman–Crippen MR) is 84.3 cm³/mol. The van der Waals surface area contributed by atoms with Crippen LogP contribution in [0.2, 0.25) is 0 Å². The average molecular weight is 391 g/mol. The minimum atomic E-state index is -4.59. The van der Waals surface area contributed by atoms with Crippen LogP contribution in [-0.4, -0.2) is 42.6 Å². The molecule has 26 heavy (non-hydrogen) atoms. The molecule has 1 aromatic carbocycles. The summed E-state index contributed by atoms with van der Waals surface area (Å²) in [5.41, 5.74) is -0.676. The van der Waals surface area contributed by atoms with Crippen molar-refractivity contribution in [3.63, 3.8) is 0 Å². The topological polar surface area (TPSA) is 81.5 Å². The molecule has 0 N–H and O–H groups in total. The van der Waals surface area contributed by atoms with Gasteiger partial charge >= 0.3 is 12.1 Å². The summed E-state index contributed by atoms with van der Waals surface area (Å²) in [6.07, 6.45) is -3.57. The predicted octanol–water partition coefficient (Wildman–Crippen LogP) is 1.90. The maximum Gasteiger partial charge on any atom is 0.435 e. The quantitative estimate of drug-likeness (QED) is 0.703. The third-order valence-corrected chi connectivity index (χ3v) is 5.11. The van der Waals surface area contributed by atoms with Gasteiger partial charge in [-0.3, -0.25) is 9.48 Å². The van der Waals surface area contributed by atoms with Gasteiger partial charge in [-0.1, -0.05) is 12.1 Å². The van der Waals surface area contributed by atoms with Crippen LogP contribution in [0.1, 0.15) is 11.3 Å². The first kappa shape index (κ1) is 19.9. The van der Waals surface area contributed by atoms with E-state index in [-0.39, 0.29) is 11.5 Å². The van der Waals surface area contributed by atoms with Crippen molar-refractivity contribution in [2.24, 2.45) is 0 Å². The van der Waals surface area contributed by atoms with Crippen LogP contribution in [-0.2, 0) is 38.9 Å². The molecule has 0 saturated carbocycles. The Balaban J connectivity index is 1.99. The first-order valence-corrected chi connectivity index (χ1v) is 8.72. The summed E-state index contributed by atoms with van der Waals surface area (Å²) in [6, 6.07) is 6.59. The summed E-state index contributed by atoms with van der Waals surface area (Å²) in [5, 5.41) is 3.25. The van der Waals surface area contributed by atoms with Crippen molar-refractivity contribution in [3.05, 3.63) is 47.8 Å². The molecule has 0 bridgehead atoms. The van der Waals surface area contributed by atoms with E-state index in [9.17, 15) is 26.4 Å². The molecule has 0 atom stereocenters. The van der Waals surface area contributed by atoms with Gasteiger partial charge in [-0.25, -0.2) is 12.7 Å². The van der Waals surface area contributed by atoms with Crippen LogP contribution >= 0.6 is 0 Å². The lowest BCUT2D eigenvalue weighted by Gasteiger charge is -2.12. The fourth-order valence-corrected chi connectivity index (χ4v) is 2.92. The Morgan fingerprint density at radius 1 is 1.27 bits per heavy atom. The number of esters is 1. The second kappa shape index (κ2) is 7.46. The van der Waals surface area contributed by atoms with Crippen molar-refractivity contribution in [3.8, 4) is 0 Å². The van der Waals surface area contributed by atoms with E-state index >= 15 is 0 Å². The van der Waals surface area contributed by atoms with Gasteiger partial charge in [0.25, 0.3) is 0 Å². The Morgan fingerprint density at radius 2 is 1.96 bits per heavy atom. The van der Waals surface area contributed by atoms with E-state index in [1.807, 2.05) is 0 Å². The summed E-state index contributed by atoms with van der Waals surface area (Å²) in [5.74, 6) is -0.803. The van der Waals surface area contributed by atoms with Crippen molar-refractivity contribution in [2.75, 3.05) is 14.1 Å². The van der Waals surface area contributed by atoms with Gasteiger partial charge in [-0.15, -0.1) is 0 Å². The Hall–Kier alpha value is -2.40. The van der Waals surface area contributed by atoms with Gasteiger partial charge in [0.15, 0.2) is 5.69 Å². The van der Waals surface area contributed by atoms with Crippen molar-refractivity contribution in [1.29, 1.82) is 0 Å². The number of nitrogens with zero attached hydrogens (tertiary/aromatic N) is 3. The molecule has 7 nitrogen and oxygen atoms in total. The van der Waals surface area contributed by atoms with Crippen LogP contribution in [0.4, 0.5) is 13.2 Å². The lowest BCUT2D eigenvalue weighted by atomic mass is 10.2. The standard InChI is InChI=1S/C15H16F3N3O4S/c1-20(2)26(23,24)12-5-3-4-11(8-12)10-25-14(22)9-21-7-6-13(19-21)15(16,17)18/h3-8H,9-10H2,1-2H3. The molecule has 0 aliphatic rings. The molecule has 1 heterocycles. The summed E-state index contributed by atoms with van der Waals surface area (Å²) in [4.78, 5) is 11.8. The number of hydrogen-bond acceptors (Lipinski definition) is 5. The molecule has 0 spiro atoms. The number of carbonyl (C=O) groups excluding carboxylic acids is 1. The van der Waals surface area contributed by atoms with Gasteiger partial charge in [0, 0.05) is 20.3 Å². The van der Waals surface area contributed by atoms with Crippen LogP contribution in [0, 0.1) is 0 Å². The molecule has 1 aromatic heterocycles. The number of aromatic nitrogens is 2. The Kier molecular flexibility index (Phi) is 5.71. The molecule has 11 heteroatoms. The number of sulfonamides is 1. The molecule has 2 aromatic rings. The minimum Gasteiger partial charge on any atom is -0.459 e. The molecule has 0 saturated heterocycles. The number of rotatable bonds is 6. The highest BCUT2D eigenvalue weighted by Crippen LogP contribution is 2.27. The molecule has 0 unspecified atom stereocenters. The number of benzene rings is 1. The zero-order valence-corrected chi connectivity index (χ0v) is 14.7. The molecule has 0 fully saturated rings. The second-order valence-corrected chi connectivity index (χ2v) is 7.64.